The van der Waals surface area contributed by atoms with Crippen molar-refractivity contribution >= 4 is 54.1 Å². The van der Waals surface area contributed by atoms with Crippen LogP contribution in [-0.4, -0.2) is 106 Å². The van der Waals surface area contributed by atoms with Gasteiger partial charge >= 0.3 is 11.9 Å². The van der Waals surface area contributed by atoms with Gasteiger partial charge in [0.15, 0.2) is 0 Å². The van der Waals surface area contributed by atoms with E-state index in [-0.39, 0.29) is 54.8 Å². The van der Waals surface area contributed by atoms with Crippen LogP contribution in [0.25, 0.3) is 0 Å². The first-order chi connectivity index (χ1) is 28.8. The third kappa shape index (κ3) is 18.7. The first-order valence-corrected chi connectivity index (χ1v) is 21.6. The van der Waals surface area contributed by atoms with E-state index in [0.29, 0.717) is 6.04 Å². The van der Waals surface area contributed by atoms with Gasteiger partial charge in [-0.15, -0.1) is 0 Å². The summed E-state index contributed by atoms with van der Waals surface area (Å²) in [4.78, 5) is 89.8. The first-order valence-electron chi connectivity index (χ1n) is 20.9. The summed E-state index contributed by atoms with van der Waals surface area (Å²) in [5, 5.41) is 35.2. The van der Waals surface area contributed by atoms with Crippen LogP contribution >= 0.6 is 12.6 Å². The van der Waals surface area contributed by atoms with Gasteiger partial charge in [0.05, 0.1) is 12.5 Å². The molecule has 5 amide bonds. The Hall–Kier alpha value is -5.00. The van der Waals surface area contributed by atoms with E-state index in [1.807, 2.05) is 50.2 Å². The molecular formula is C44H65N7O9S. The average Bonchev–Trinajstić information content (AvgIpc) is 3.70. The SMILES string of the molecule is CC(C)(CCC(C)(C)NC1CCCC1)CC(=O)N[C@@H](Cc1ccccc1)C(=O)N[C@@H](Cc1ccccc1)C(=O)NCC[C@H](N)C(=O)N[C@@H](CC(=O)O)C(=O)N[C@@H](CS)C(=O)O. The molecule has 336 valence electrons. The van der Waals surface area contributed by atoms with Crippen molar-refractivity contribution in [1.82, 2.24) is 31.9 Å². The molecule has 1 saturated carbocycles. The largest absolute Gasteiger partial charge is 0.481 e. The summed E-state index contributed by atoms with van der Waals surface area (Å²) in [6, 6.07) is 12.3. The Morgan fingerprint density at radius 2 is 1.21 bits per heavy atom. The number of hydrogen-bond donors (Lipinski definition) is 10. The standard InChI is InChI=1S/C44H65N7O9S/c1-43(2,20-21-44(3,4)51-30-17-11-12-18-30)26-36(52)47-33(24-29-15-9-6-10-16-29)40(57)49-32(23-28-13-7-5-8-14-28)39(56)46-22-19-31(45)38(55)48-34(25-37(53)54)41(58)50-35(27-61)42(59)60/h5-10,13-16,30-35,51,61H,11-12,17-27,45H2,1-4H3,(H,46,56)(H,47,52)(H,48,55)(H,49,57)(H,50,58)(H,53,54)(H,59,60)/t31-,32-,33-,34-,35-/m0/s1. The lowest BCUT2D eigenvalue weighted by Gasteiger charge is -2.34. The van der Waals surface area contributed by atoms with Gasteiger partial charge in [-0.05, 0) is 62.5 Å². The summed E-state index contributed by atoms with van der Waals surface area (Å²) in [6.45, 7) is 8.35. The monoisotopic (exact) mass is 867 g/mol. The molecule has 5 atom stereocenters. The van der Waals surface area contributed by atoms with Crippen molar-refractivity contribution in [2.75, 3.05) is 12.3 Å². The topological polar surface area (TPSA) is 258 Å². The third-order valence-electron chi connectivity index (χ3n) is 10.8. The highest BCUT2D eigenvalue weighted by atomic mass is 32.1. The molecule has 61 heavy (non-hydrogen) atoms. The lowest BCUT2D eigenvalue weighted by molar-refractivity contribution is -0.143. The van der Waals surface area contributed by atoms with Crippen LogP contribution in [-0.2, 0) is 46.4 Å². The van der Waals surface area contributed by atoms with Crippen LogP contribution in [0.5, 0.6) is 0 Å². The Morgan fingerprint density at radius 1 is 0.705 bits per heavy atom. The Morgan fingerprint density at radius 3 is 1.74 bits per heavy atom. The van der Waals surface area contributed by atoms with Gasteiger partial charge in [-0.2, -0.15) is 12.6 Å². The zero-order valence-electron chi connectivity index (χ0n) is 35.7. The predicted molar refractivity (Wildman–Crippen MR) is 234 cm³/mol. The molecule has 0 saturated heterocycles. The Labute approximate surface area is 364 Å². The maximum atomic E-state index is 14.1. The van der Waals surface area contributed by atoms with Crippen molar-refractivity contribution in [3.05, 3.63) is 71.8 Å². The zero-order valence-corrected chi connectivity index (χ0v) is 36.6. The minimum absolute atomic E-state index is 0.0889. The van der Waals surface area contributed by atoms with Crippen molar-refractivity contribution in [2.45, 2.75) is 140 Å². The molecule has 0 bridgehead atoms. The molecule has 1 aliphatic carbocycles. The molecule has 2 aromatic carbocycles. The van der Waals surface area contributed by atoms with Crippen molar-refractivity contribution in [3.63, 3.8) is 0 Å². The molecule has 2 aromatic rings. The summed E-state index contributed by atoms with van der Waals surface area (Å²) in [7, 11) is 0. The van der Waals surface area contributed by atoms with E-state index >= 15 is 0 Å². The Bertz CT molecular complexity index is 1770. The van der Waals surface area contributed by atoms with Crippen LogP contribution in [0.1, 0.15) is 96.6 Å². The van der Waals surface area contributed by atoms with Crippen LogP contribution < -0.4 is 37.6 Å². The van der Waals surface area contributed by atoms with Crippen LogP contribution in [0.2, 0.25) is 0 Å². The van der Waals surface area contributed by atoms with Gasteiger partial charge in [0.2, 0.25) is 29.5 Å². The molecule has 0 aliphatic heterocycles. The normalized spacial score (nSPS) is 15.6. The molecule has 0 aromatic heterocycles. The summed E-state index contributed by atoms with van der Waals surface area (Å²) in [5.41, 5.74) is 7.16. The third-order valence-corrected chi connectivity index (χ3v) is 11.1. The fraction of sp³-hybridized carbons (Fsp3) is 0.568. The molecule has 17 heteroatoms. The van der Waals surface area contributed by atoms with E-state index < -0.39 is 72.2 Å². The van der Waals surface area contributed by atoms with Gasteiger partial charge in [0.1, 0.15) is 24.2 Å². The smallest absolute Gasteiger partial charge is 0.327 e. The number of carboxylic acid groups (broad SMARTS) is 2. The second kappa shape index (κ2) is 24.4. The molecular weight excluding hydrogens is 803 g/mol. The molecule has 3 rings (SSSR count). The highest BCUT2D eigenvalue weighted by molar-refractivity contribution is 7.80. The molecule has 1 aliphatic rings. The van der Waals surface area contributed by atoms with Crippen molar-refractivity contribution in [3.8, 4) is 0 Å². The lowest BCUT2D eigenvalue weighted by atomic mass is 9.80. The summed E-state index contributed by atoms with van der Waals surface area (Å²) >= 11 is 3.87. The maximum absolute atomic E-state index is 14.1. The summed E-state index contributed by atoms with van der Waals surface area (Å²) < 4.78 is 0. The number of rotatable bonds is 26. The lowest BCUT2D eigenvalue weighted by Crippen LogP contribution is -2.56. The molecule has 16 nitrogen and oxygen atoms in total. The van der Waals surface area contributed by atoms with Crippen LogP contribution in [0, 0.1) is 5.41 Å². The van der Waals surface area contributed by atoms with E-state index in [2.05, 4.69) is 58.4 Å². The van der Waals surface area contributed by atoms with Gasteiger partial charge in [-0.3, -0.25) is 28.8 Å². The maximum Gasteiger partial charge on any atom is 0.327 e. The first kappa shape index (κ1) is 50.4. The van der Waals surface area contributed by atoms with Gasteiger partial charge in [0, 0.05) is 43.1 Å². The van der Waals surface area contributed by atoms with Gasteiger partial charge in [-0.25, -0.2) is 4.79 Å². The highest BCUT2D eigenvalue weighted by Gasteiger charge is 2.33. The number of carbonyl (C=O) groups excluding carboxylic acids is 5. The fourth-order valence-electron chi connectivity index (χ4n) is 7.23. The Balaban J connectivity index is 1.68. The van der Waals surface area contributed by atoms with Crippen molar-refractivity contribution < 1.29 is 43.8 Å². The number of hydrogen-bond acceptors (Lipinski definition) is 10. The average molecular weight is 868 g/mol. The summed E-state index contributed by atoms with van der Waals surface area (Å²) in [5.74, 6) is -6.49. The highest BCUT2D eigenvalue weighted by Crippen LogP contribution is 2.31. The van der Waals surface area contributed by atoms with Gasteiger partial charge < -0.3 is 47.8 Å². The minimum atomic E-state index is -1.64. The second-order valence-corrected chi connectivity index (χ2v) is 17.7. The molecule has 1 fully saturated rings. The molecule has 0 heterocycles. The van der Waals surface area contributed by atoms with Crippen LogP contribution in [0.15, 0.2) is 60.7 Å². The molecule has 0 unspecified atom stereocenters. The van der Waals surface area contributed by atoms with Crippen LogP contribution in [0.4, 0.5) is 0 Å². The zero-order chi connectivity index (χ0) is 45.2. The van der Waals surface area contributed by atoms with Gasteiger partial charge in [-0.1, -0.05) is 87.4 Å². The number of nitrogens with one attached hydrogen (secondary N) is 6. The van der Waals surface area contributed by atoms with Crippen LogP contribution in [0.3, 0.4) is 0 Å². The molecule has 10 N–H and O–H groups in total. The van der Waals surface area contributed by atoms with Crippen molar-refractivity contribution in [2.24, 2.45) is 11.1 Å². The number of nitrogens with two attached hydrogens (primary N) is 1. The van der Waals surface area contributed by atoms with E-state index in [1.165, 1.54) is 25.7 Å². The number of aliphatic carboxylic acids is 2. The molecule has 0 spiro atoms. The van der Waals surface area contributed by atoms with Crippen molar-refractivity contribution in [1.29, 1.82) is 0 Å². The van der Waals surface area contributed by atoms with E-state index in [0.717, 1.165) is 24.0 Å². The number of thiol groups is 1. The van der Waals surface area contributed by atoms with Gasteiger partial charge in [0.25, 0.3) is 0 Å². The Kier molecular flexibility index (Phi) is 20.2. The number of carboxylic acids is 2. The quantitative estimate of drug-likeness (QED) is 0.0614. The number of benzene rings is 2. The minimum Gasteiger partial charge on any atom is -0.481 e. The van der Waals surface area contributed by atoms with E-state index in [9.17, 15) is 43.8 Å². The molecule has 0 radical (unpaired) electrons. The second-order valence-electron chi connectivity index (χ2n) is 17.3. The predicted octanol–water partition coefficient (Wildman–Crippen LogP) is 2.24. The fourth-order valence-corrected chi connectivity index (χ4v) is 7.48. The van der Waals surface area contributed by atoms with E-state index in [1.54, 1.807) is 24.3 Å². The number of carbonyl (C=O) groups is 7. The van der Waals surface area contributed by atoms with E-state index in [4.69, 9.17) is 5.73 Å². The summed E-state index contributed by atoms with van der Waals surface area (Å²) in [6.07, 6.45) is 5.97. The number of amides is 5.